The van der Waals surface area contributed by atoms with Crippen LogP contribution in [0.4, 0.5) is 0 Å². The first-order valence-electron chi connectivity index (χ1n) is 5.92. The Morgan fingerprint density at radius 2 is 2.40 bits per heavy atom. The van der Waals surface area contributed by atoms with Crippen LogP contribution in [0.3, 0.4) is 0 Å². The van der Waals surface area contributed by atoms with E-state index < -0.39 is 0 Å². The zero-order valence-corrected chi connectivity index (χ0v) is 9.70. The zero-order valence-electron chi connectivity index (χ0n) is 9.70. The summed E-state index contributed by atoms with van der Waals surface area (Å²) < 4.78 is 5.77. The first kappa shape index (κ1) is 10.9. The van der Waals surface area contributed by atoms with Gasteiger partial charge in [0, 0.05) is 12.1 Å². The van der Waals surface area contributed by atoms with E-state index in [0.29, 0.717) is 6.10 Å². The molecule has 0 aromatic heterocycles. The van der Waals surface area contributed by atoms with Gasteiger partial charge < -0.3 is 4.74 Å². The maximum Gasteiger partial charge on any atom is 0.0670 e. The van der Waals surface area contributed by atoms with E-state index in [0.717, 1.165) is 26.1 Å². The van der Waals surface area contributed by atoms with Crippen molar-refractivity contribution in [2.75, 3.05) is 19.7 Å². The van der Waals surface area contributed by atoms with E-state index in [-0.39, 0.29) is 11.5 Å². The molecule has 0 saturated carbocycles. The topological polar surface area (TPSA) is 36.3 Å². The summed E-state index contributed by atoms with van der Waals surface area (Å²) in [5.74, 6) is 0.223. The molecule has 0 N–H and O–H groups in total. The van der Waals surface area contributed by atoms with Crippen LogP contribution in [0.25, 0.3) is 0 Å². The molecule has 3 heteroatoms. The number of nitrogens with zero attached hydrogens (tertiary/aromatic N) is 2. The molecule has 2 rings (SSSR count). The van der Waals surface area contributed by atoms with Crippen LogP contribution < -0.4 is 0 Å². The molecule has 1 unspecified atom stereocenters. The third-order valence-corrected chi connectivity index (χ3v) is 3.68. The largest absolute Gasteiger partial charge is 0.377 e. The molecule has 2 heterocycles. The minimum absolute atomic E-state index is 0.199. The summed E-state index contributed by atoms with van der Waals surface area (Å²) in [6.07, 6.45) is 3.77. The molecule has 2 atom stereocenters. The van der Waals surface area contributed by atoms with Crippen molar-refractivity contribution < 1.29 is 4.74 Å². The zero-order chi connectivity index (χ0) is 10.9. The van der Waals surface area contributed by atoms with Crippen molar-refractivity contribution in [3.8, 4) is 6.07 Å². The van der Waals surface area contributed by atoms with Gasteiger partial charge >= 0.3 is 0 Å². The summed E-state index contributed by atoms with van der Waals surface area (Å²) in [7, 11) is 0. The highest BCUT2D eigenvalue weighted by Gasteiger charge is 2.48. The average molecular weight is 208 g/mol. The fourth-order valence-corrected chi connectivity index (χ4v) is 2.93. The molecule has 2 aliphatic rings. The van der Waals surface area contributed by atoms with Crippen LogP contribution >= 0.6 is 0 Å². The Bertz CT molecular complexity index is 271. The van der Waals surface area contributed by atoms with Gasteiger partial charge in [-0.2, -0.15) is 5.26 Å². The summed E-state index contributed by atoms with van der Waals surface area (Å²) in [4.78, 5) is 2.48. The number of hydrogen-bond acceptors (Lipinski definition) is 3. The van der Waals surface area contributed by atoms with Crippen LogP contribution in [-0.2, 0) is 4.74 Å². The van der Waals surface area contributed by atoms with E-state index in [1.807, 2.05) is 0 Å². The molecule has 0 aliphatic carbocycles. The van der Waals surface area contributed by atoms with Crippen molar-refractivity contribution in [3.63, 3.8) is 0 Å². The first-order chi connectivity index (χ1) is 7.16. The number of hydrogen-bond donors (Lipinski definition) is 0. The number of ether oxygens (including phenoxy) is 1. The van der Waals surface area contributed by atoms with Crippen LogP contribution in [-0.4, -0.2) is 36.2 Å². The lowest BCUT2D eigenvalue weighted by molar-refractivity contribution is 0.00299. The van der Waals surface area contributed by atoms with Crippen LogP contribution in [0.1, 0.15) is 33.1 Å². The number of rotatable bonds is 3. The highest BCUT2D eigenvalue weighted by atomic mass is 16.5. The average Bonchev–Trinajstić information content (AvgIpc) is 2.70. The molecule has 2 fully saturated rings. The fourth-order valence-electron chi connectivity index (χ4n) is 2.93. The Labute approximate surface area is 92.0 Å². The molecule has 2 aliphatic heterocycles. The van der Waals surface area contributed by atoms with Crippen molar-refractivity contribution >= 4 is 0 Å². The monoisotopic (exact) mass is 208 g/mol. The van der Waals surface area contributed by atoms with Crippen LogP contribution in [0.5, 0.6) is 0 Å². The van der Waals surface area contributed by atoms with E-state index in [4.69, 9.17) is 10.00 Å². The third kappa shape index (κ3) is 2.02. The van der Waals surface area contributed by atoms with Gasteiger partial charge in [0.15, 0.2) is 0 Å². The minimum Gasteiger partial charge on any atom is -0.377 e. The smallest absolute Gasteiger partial charge is 0.0670 e. The maximum atomic E-state index is 9.00. The third-order valence-electron chi connectivity index (χ3n) is 3.68. The highest BCUT2D eigenvalue weighted by molar-refractivity contribution is 5.08. The molecule has 0 bridgehead atoms. The summed E-state index contributed by atoms with van der Waals surface area (Å²) in [6.45, 7) is 7.07. The summed E-state index contributed by atoms with van der Waals surface area (Å²) in [5.41, 5.74) is 0.199. The lowest BCUT2D eigenvalue weighted by Crippen LogP contribution is -2.43. The molecule has 0 radical (unpaired) electrons. The second kappa shape index (κ2) is 4.11. The summed E-state index contributed by atoms with van der Waals surface area (Å²) in [5, 5.41) is 9.00. The summed E-state index contributed by atoms with van der Waals surface area (Å²) in [6, 6.07) is 2.41. The Morgan fingerprint density at radius 1 is 1.60 bits per heavy atom. The maximum absolute atomic E-state index is 9.00. The van der Waals surface area contributed by atoms with E-state index >= 15 is 0 Å². The predicted octanol–water partition coefficient (Wildman–Crippen LogP) is 1.79. The molecule has 3 nitrogen and oxygen atoms in total. The Kier molecular flexibility index (Phi) is 2.99. The SMILES string of the molecule is CC(C)OC[C@@]12CCCN1CC(C#N)C2. The first-order valence-corrected chi connectivity index (χ1v) is 5.92. The van der Waals surface area contributed by atoms with Gasteiger partial charge in [0.1, 0.15) is 0 Å². The van der Waals surface area contributed by atoms with Crippen molar-refractivity contribution in [1.29, 1.82) is 5.26 Å². The van der Waals surface area contributed by atoms with E-state index in [2.05, 4.69) is 24.8 Å². The van der Waals surface area contributed by atoms with Gasteiger partial charge in [-0.05, 0) is 39.7 Å². The van der Waals surface area contributed by atoms with Gasteiger partial charge in [-0.3, -0.25) is 4.90 Å². The van der Waals surface area contributed by atoms with Crippen molar-refractivity contribution in [3.05, 3.63) is 0 Å². The Morgan fingerprint density at radius 3 is 3.07 bits per heavy atom. The lowest BCUT2D eigenvalue weighted by atomic mass is 9.91. The van der Waals surface area contributed by atoms with E-state index in [9.17, 15) is 0 Å². The van der Waals surface area contributed by atoms with E-state index in [1.54, 1.807) is 0 Å². The molecule has 84 valence electrons. The van der Waals surface area contributed by atoms with Gasteiger partial charge in [-0.1, -0.05) is 0 Å². The molecule has 2 saturated heterocycles. The Balaban J connectivity index is 2.01. The van der Waals surface area contributed by atoms with Gasteiger partial charge in [-0.15, -0.1) is 0 Å². The van der Waals surface area contributed by atoms with Gasteiger partial charge in [0.05, 0.1) is 24.7 Å². The Hall–Kier alpha value is -0.590. The molecular weight excluding hydrogens is 188 g/mol. The lowest BCUT2D eigenvalue weighted by Gasteiger charge is -2.32. The number of fused-ring (bicyclic) bond motifs is 1. The van der Waals surface area contributed by atoms with Crippen molar-refractivity contribution in [2.24, 2.45) is 5.92 Å². The van der Waals surface area contributed by atoms with Crippen LogP contribution in [0, 0.1) is 17.2 Å². The standard InChI is InChI=1S/C12H20N2O/c1-10(2)15-9-12-4-3-5-14(12)8-11(6-12)7-13/h10-11H,3-6,8-9H2,1-2H3/t11?,12-/m0/s1. The summed E-state index contributed by atoms with van der Waals surface area (Å²) >= 11 is 0. The molecule has 0 spiro atoms. The molecule has 0 aromatic carbocycles. The molecule has 0 aromatic rings. The highest BCUT2D eigenvalue weighted by Crippen LogP contribution is 2.41. The second-order valence-corrected chi connectivity index (χ2v) is 5.16. The van der Waals surface area contributed by atoms with Crippen LogP contribution in [0.15, 0.2) is 0 Å². The molecule has 15 heavy (non-hydrogen) atoms. The van der Waals surface area contributed by atoms with Crippen molar-refractivity contribution in [2.45, 2.75) is 44.8 Å². The van der Waals surface area contributed by atoms with Crippen LogP contribution in [0.2, 0.25) is 0 Å². The van der Waals surface area contributed by atoms with Gasteiger partial charge in [-0.25, -0.2) is 0 Å². The quantitative estimate of drug-likeness (QED) is 0.709. The fraction of sp³-hybridized carbons (Fsp3) is 0.917. The van der Waals surface area contributed by atoms with Crippen molar-refractivity contribution in [1.82, 2.24) is 4.90 Å². The predicted molar refractivity (Wildman–Crippen MR) is 58.3 cm³/mol. The molecular formula is C12H20N2O. The second-order valence-electron chi connectivity index (χ2n) is 5.16. The molecule has 0 amide bonds. The van der Waals surface area contributed by atoms with E-state index in [1.165, 1.54) is 12.8 Å². The van der Waals surface area contributed by atoms with Gasteiger partial charge in [0.25, 0.3) is 0 Å². The van der Waals surface area contributed by atoms with Gasteiger partial charge in [0.2, 0.25) is 0 Å². The normalized spacial score (nSPS) is 35.7. The minimum atomic E-state index is 0.199. The number of nitriles is 1.